The molecule has 0 saturated carbocycles. The number of nitro benzene ring substituents is 2. The molecule has 0 radical (unpaired) electrons. The van der Waals surface area contributed by atoms with Crippen molar-refractivity contribution in [3.63, 3.8) is 0 Å². The zero-order valence-electron chi connectivity index (χ0n) is 21.9. The van der Waals surface area contributed by atoms with Gasteiger partial charge in [0.2, 0.25) is 11.8 Å². The molecule has 212 valence electrons. The minimum Gasteiger partial charge on any atom is -0.338 e. The fraction of sp³-hybridized carbons (Fsp3) is 0.286. The van der Waals surface area contributed by atoms with E-state index in [1.54, 1.807) is 21.9 Å². The lowest BCUT2D eigenvalue weighted by Crippen LogP contribution is -2.37. The normalized spacial score (nSPS) is 16.0. The van der Waals surface area contributed by atoms with Gasteiger partial charge in [0.1, 0.15) is 11.6 Å². The molecular formula is C28H26N4O8S. The molecule has 0 unspecified atom stereocenters. The number of ketones is 2. The van der Waals surface area contributed by atoms with E-state index in [4.69, 9.17) is 0 Å². The second kappa shape index (κ2) is 13.1. The van der Waals surface area contributed by atoms with Crippen LogP contribution in [0.5, 0.6) is 0 Å². The Morgan fingerprint density at radius 3 is 1.39 bits per heavy atom. The topological polar surface area (TPSA) is 161 Å². The van der Waals surface area contributed by atoms with Gasteiger partial charge in [-0.1, -0.05) is 23.9 Å². The minimum absolute atomic E-state index is 0.107. The lowest BCUT2D eigenvalue weighted by molar-refractivity contribution is -0.388. The smallest absolute Gasteiger partial charge is 0.283 e. The summed E-state index contributed by atoms with van der Waals surface area (Å²) < 4.78 is 0. The molecule has 2 aromatic carbocycles. The molecule has 4 rings (SSSR count). The molecule has 0 aromatic heterocycles. The molecule has 2 amide bonds. The van der Waals surface area contributed by atoms with Crippen LogP contribution in [-0.4, -0.2) is 69.2 Å². The van der Waals surface area contributed by atoms with E-state index in [0.717, 1.165) is 11.8 Å². The van der Waals surface area contributed by atoms with Gasteiger partial charge in [-0.05, 0) is 35.4 Å². The van der Waals surface area contributed by atoms with Crippen LogP contribution < -0.4 is 0 Å². The number of Topliss-reactive ketones (excluding diaryl/α,β-unsaturated/α-hetero) is 2. The highest BCUT2D eigenvalue weighted by atomic mass is 32.2. The fourth-order valence-corrected chi connectivity index (χ4v) is 5.34. The average Bonchev–Trinajstić information content (AvgIpc) is 2.96. The predicted octanol–water partition coefficient (Wildman–Crippen LogP) is 4.06. The van der Waals surface area contributed by atoms with E-state index in [2.05, 4.69) is 0 Å². The molecule has 12 nitrogen and oxygen atoms in total. The highest BCUT2D eigenvalue weighted by Gasteiger charge is 2.23. The Morgan fingerprint density at radius 1 is 0.683 bits per heavy atom. The minimum atomic E-state index is -0.597. The van der Waals surface area contributed by atoms with Crippen LogP contribution in [0.15, 0.2) is 58.3 Å². The number of nitro groups is 2. The third-order valence-corrected chi connectivity index (χ3v) is 7.81. The second-order valence-electron chi connectivity index (χ2n) is 9.47. The highest BCUT2D eigenvalue weighted by Crippen LogP contribution is 2.40. The van der Waals surface area contributed by atoms with Gasteiger partial charge >= 0.3 is 0 Å². The molecule has 41 heavy (non-hydrogen) atoms. The lowest BCUT2D eigenvalue weighted by Gasteiger charge is -2.24. The van der Waals surface area contributed by atoms with Crippen LogP contribution >= 0.6 is 11.8 Å². The number of likely N-dealkylation sites (tertiary alicyclic amines) is 2. The molecule has 2 aliphatic rings. The summed E-state index contributed by atoms with van der Waals surface area (Å²) in [6.07, 6.45) is 6.73. The van der Waals surface area contributed by atoms with Crippen molar-refractivity contribution in [3.05, 3.63) is 79.9 Å². The quantitative estimate of drug-likeness (QED) is 0.255. The van der Waals surface area contributed by atoms with Crippen LogP contribution in [0.4, 0.5) is 11.4 Å². The number of carbonyl (C=O) groups is 4. The Bertz CT molecular complexity index is 1360. The summed E-state index contributed by atoms with van der Waals surface area (Å²) in [7, 11) is 0. The van der Waals surface area contributed by atoms with E-state index in [-0.39, 0.29) is 44.5 Å². The number of rotatable bonds is 8. The third kappa shape index (κ3) is 7.72. The summed E-state index contributed by atoms with van der Waals surface area (Å²) in [6, 6.07) is 8.64. The number of hydrogen-bond donors (Lipinski definition) is 0. The first-order valence-electron chi connectivity index (χ1n) is 12.8. The van der Waals surface area contributed by atoms with Gasteiger partial charge in [-0.2, -0.15) is 0 Å². The zero-order chi connectivity index (χ0) is 29.5. The number of benzene rings is 2. The maximum Gasteiger partial charge on any atom is 0.283 e. The summed E-state index contributed by atoms with van der Waals surface area (Å²) in [5.74, 6) is -0.376. The molecule has 2 saturated heterocycles. The van der Waals surface area contributed by atoms with Crippen molar-refractivity contribution in [2.45, 2.75) is 35.5 Å². The van der Waals surface area contributed by atoms with E-state index in [0.29, 0.717) is 63.0 Å². The highest BCUT2D eigenvalue weighted by molar-refractivity contribution is 7.99. The molecule has 2 heterocycles. The first-order valence-corrected chi connectivity index (χ1v) is 13.6. The van der Waals surface area contributed by atoms with Crippen molar-refractivity contribution < 1.29 is 29.0 Å². The van der Waals surface area contributed by atoms with Crippen LogP contribution in [0.3, 0.4) is 0 Å². The summed E-state index contributed by atoms with van der Waals surface area (Å²) in [5, 5.41) is 23.6. The zero-order valence-corrected chi connectivity index (χ0v) is 22.7. The van der Waals surface area contributed by atoms with E-state index >= 15 is 0 Å². The van der Waals surface area contributed by atoms with E-state index in [1.165, 1.54) is 48.6 Å². The number of piperidine rings is 2. The first kappa shape index (κ1) is 29.3. The number of hydrogen-bond acceptors (Lipinski definition) is 9. The van der Waals surface area contributed by atoms with Crippen molar-refractivity contribution >= 4 is 58.7 Å². The number of carbonyl (C=O) groups excluding carboxylic acids is 4. The van der Waals surface area contributed by atoms with Crippen LogP contribution in [0, 0.1) is 20.2 Å². The Hall–Kier alpha value is -4.65. The third-order valence-electron chi connectivity index (χ3n) is 6.68. The summed E-state index contributed by atoms with van der Waals surface area (Å²) >= 11 is 0.864. The van der Waals surface area contributed by atoms with Gasteiger partial charge in [0.05, 0.1) is 19.6 Å². The van der Waals surface area contributed by atoms with E-state index in [9.17, 15) is 39.4 Å². The molecular weight excluding hydrogens is 552 g/mol. The molecule has 2 aliphatic heterocycles. The number of nitrogens with zero attached hydrogens (tertiary/aromatic N) is 4. The van der Waals surface area contributed by atoms with Crippen molar-refractivity contribution in [1.29, 1.82) is 0 Å². The summed E-state index contributed by atoms with van der Waals surface area (Å²) in [4.78, 5) is 73.4. The average molecular weight is 579 g/mol. The van der Waals surface area contributed by atoms with Gasteiger partial charge in [-0.3, -0.25) is 39.4 Å². The largest absolute Gasteiger partial charge is 0.338 e. The molecule has 0 spiro atoms. The molecule has 0 aliphatic carbocycles. The molecule has 0 bridgehead atoms. The number of amides is 2. The molecule has 13 heteroatoms. The van der Waals surface area contributed by atoms with Crippen LogP contribution in [0.2, 0.25) is 0 Å². The molecule has 0 N–H and O–H groups in total. The van der Waals surface area contributed by atoms with Gasteiger partial charge < -0.3 is 9.80 Å². The first-order chi connectivity index (χ1) is 19.6. The van der Waals surface area contributed by atoms with Gasteiger partial charge in [0, 0.05) is 76.1 Å². The van der Waals surface area contributed by atoms with Gasteiger partial charge in [0.15, 0.2) is 0 Å². The molecule has 2 aromatic rings. The predicted molar refractivity (Wildman–Crippen MR) is 150 cm³/mol. The van der Waals surface area contributed by atoms with Crippen molar-refractivity contribution in [2.24, 2.45) is 0 Å². The van der Waals surface area contributed by atoms with E-state index < -0.39 is 9.85 Å². The van der Waals surface area contributed by atoms with Crippen molar-refractivity contribution in [1.82, 2.24) is 9.80 Å². The second-order valence-corrected chi connectivity index (χ2v) is 10.5. The standard InChI is InChI=1S/C28H26N4O8S/c33-21-9-13-29(14-10-21)27(35)7-3-19-1-5-25(23(17-19)31(37)38)41-26-6-2-20(18-24(26)32(39)40)4-8-28(36)30-15-11-22(34)12-16-30/h1-8,17-18H,9-16H2/b7-3+,8-4+. The van der Waals surface area contributed by atoms with Crippen molar-refractivity contribution in [2.75, 3.05) is 26.2 Å². The summed E-state index contributed by atoms with van der Waals surface area (Å²) in [6.45, 7) is 1.34. The van der Waals surface area contributed by atoms with Crippen LogP contribution in [0.1, 0.15) is 36.8 Å². The Balaban J connectivity index is 1.49. The maximum atomic E-state index is 12.4. The van der Waals surface area contributed by atoms with Crippen molar-refractivity contribution in [3.8, 4) is 0 Å². The monoisotopic (exact) mass is 578 g/mol. The van der Waals surface area contributed by atoms with Crippen LogP contribution in [-0.2, 0) is 19.2 Å². The Kier molecular flexibility index (Phi) is 9.40. The van der Waals surface area contributed by atoms with Gasteiger partial charge in [-0.25, -0.2) is 0 Å². The Labute approximate surface area is 239 Å². The van der Waals surface area contributed by atoms with Crippen LogP contribution in [0.25, 0.3) is 12.2 Å². The molecule has 2 fully saturated rings. The summed E-state index contributed by atoms with van der Waals surface area (Å²) in [5.41, 5.74) is 0.245. The Morgan fingerprint density at radius 2 is 1.05 bits per heavy atom. The molecule has 0 atom stereocenters. The lowest BCUT2D eigenvalue weighted by atomic mass is 10.1. The maximum absolute atomic E-state index is 12.4. The van der Waals surface area contributed by atoms with Gasteiger partial charge in [0.25, 0.3) is 11.4 Å². The van der Waals surface area contributed by atoms with Gasteiger partial charge in [-0.15, -0.1) is 0 Å². The van der Waals surface area contributed by atoms with E-state index in [1.807, 2.05) is 0 Å². The fourth-order valence-electron chi connectivity index (χ4n) is 4.35. The SMILES string of the molecule is O=C1CCN(C(=O)/C=C/c2ccc(Sc3ccc(/C=C/C(=O)N4CCC(=O)CC4)cc3[N+](=O)[O-])c([N+](=O)[O-])c2)CC1.